The van der Waals surface area contributed by atoms with E-state index in [4.69, 9.17) is 0 Å². The third-order valence-electron chi connectivity index (χ3n) is 8.11. The molecule has 0 aromatic rings. The Morgan fingerprint density at radius 2 is 1.16 bits per heavy atom. The van der Waals surface area contributed by atoms with Crippen LogP contribution in [0.15, 0.2) is 12.2 Å². The minimum absolute atomic E-state index is 0.0852. The molecule has 0 N–H and O–H groups in total. The number of rotatable bonds is 0. The molecule has 174 valence electrons. The largest absolute Gasteiger partial charge is 0.299 e. The topological polar surface area (TPSA) is 51.2 Å². The van der Waals surface area contributed by atoms with Crippen LogP contribution in [0.5, 0.6) is 0 Å². The highest BCUT2D eigenvalue weighted by Gasteiger charge is 2.40. The molecule has 31 heavy (non-hydrogen) atoms. The lowest BCUT2D eigenvalue weighted by Gasteiger charge is -2.32. The molecule has 2 fully saturated rings. The minimum Gasteiger partial charge on any atom is -0.299 e. The molecule has 0 aromatic carbocycles. The maximum atomic E-state index is 13.2. The van der Waals surface area contributed by atoms with Gasteiger partial charge in [-0.15, -0.1) is 0 Å². The van der Waals surface area contributed by atoms with Crippen LogP contribution in [0.2, 0.25) is 0 Å². The second-order valence-electron chi connectivity index (χ2n) is 10.5. The van der Waals surface area contributed by atoms with E-state index in [1.165, 1.54) is 57.8 Å². The van der Waals surface area contributed by atoms with Crippen LogP contribution in [0.4, 0.5) is 0 Å². The van der Waals surface area contributed by atoms with Gasteiger partial charge >= 0.3 is 0 Å². The van der Waals surface area contributed by atoms with Crippen molar-refractivity contribution >= 4 is 17.3 Å². The van der Waals surface area contributed by atoms with E-state index in [2.05, 4.69) is 12.2 Å². The van der Waals surface area contributed by atoms with E-state index in [0.29, 0.717) is 12.3 Å². The summed E-state index contributed by atoms with van der Waals surface area (Å²) >= 11 is 0. The molecule has 3 aliphatic rings. The zero-order chi connectivity index (χ0) is 21.9. The molecular formula is C28H44O3. The van der Waals surface area contributed by atoms with E-state index < -0.39 is 0 Å². The molecule has 0 radical (unpaired) electrons. The first-order chi connectivity index (χ1) is 15.2. The molecule has 3 rings (SSSR count). The predicted molar refractivity (Wildman–Crippen MR) is 126 cm³/mol. The number of hydrogen-bond acceptors (Lipinski definition) is 3. The van der Waals surface area contributed by atoms with Crippen LogP contribution in [0.3, 0.4) is 0 Å². The van der Waals surface area contributed by atoms with Crippen LogP contribution in [0.25, 0.3) is 0 Å². The van der Waals surface area contributed by atoms with Gasteiger partial charge in [0.15, 0.2) is 0 Å². The van der Waals surface area contributed by atoms with Gasteiger partial charge in [-0.2, -0.15) is 0 Å². The number of Topliss-reactive ketones (excluding diaryl/α,β-unsaturated/α-hetero) is 3. The molecule has 0 amide bonds. The average molecular weight is 429 g/mol. The lowest BCUT2D eigenvalue weighted by Crippen LogP contribution is -2.39. The van der Waals surface area contributed by atoms with Crippen LogP contribution >= 0.6 is 0 Å². The minimum atomic E-state index is -0.325. The first-order valence-corrected chi connectivity index (χ1v) is 13.4. The summed E-state index contributed by atoms with van der Waals surface area (Å²) in [5.74, 6) is -0.0856. The molecule has 3 heteroatoms. The molecule has 0 saturated heterocycles. The summed E-state index contributed by atoms with van der Waals surface area (Å²) in [5, 5.41) is 0. The molecule has 0 spiro atoms. The normalized spacial score (nSPS) is 33.4. The van der Waals surface area contributed by atoms with Crippen molar-refractivity contribution in [2.24, 2.45) is 23.7 Å². The van der Waals surface area contributed by atoms with Gasteiger partial charge in [0, 0.05) is 24.2 Å². The highest BCUT2D eigenvalue weighted by molar-refractivity contribution is 6.39. The van der Waals surface area contributed by atoms with Gasteiger partial charge in [0.1, 0.15) is 5.78 Å². The maximum absolute atomic E-state index is 13.2. The molecule has 0 aromatic heterocycles. The standard InChI is InChI=1S/C28H44O3/c29-26-20-11-9-7-5-3-1-2-4-6-8-10-15-22-16-14-17-23(21-22)27(30)28(31)25-19-13-12-18-24(25)26/h2,4,22-25H,1,3,5-21H2. The highest BCUT2D eigenvalue weighted by Crippen LogP contribution is 2.37. The Balaban J connectivity index is 1.64. The SMILES string of the molecule is O=C1C(=O)C2CCCCC2C(=O)CCCCCCCC=CCCCCC2CCCC1C2. The first kappa shape index (κ1) is 24.4. The zero-order valence-corrected chi connectivity index (χ0v) is 19.6. The van der Waals surface area contributed by atoms with E-state index in [9.17, 15) is 14.4 Å². The van der Waals surface area contributed by atoms with Crippen molar-refractivity contribution < 1.29 is 14.4 Å². The Kier molecular flexibility index (Phi) is 10.5. The van der Waals surface area contributed by atoms with Crippen molar-refractivity contribution in [3.63, 3.8) is 0 Å². The third-order valence-corrected chi connectivity index (χ3v) is 8.11. The quantitative estimate of drug-likeness (QED) is 0.303. The molecule has 3 nitrogen and oxygen atoms in total. The van der Waals surface area contributed by atoms with Gasteiger partial charge in [-0.05, 0) is 63.7 Å². The summed E-state index contributed by atoms with van der Waals surface area (Å²) in [6, 6.07) is 0. The second kappa shape index (κ2) is 13.3. The Hall–Kier alpha value is -1.25. The van der Waals surface area contributed by atoms with Gasteiger partial charge < -0.3 is 0 Å². The lowest BCUT2D eigenvalue weighted by atomic mass is 9.70. The summed E-state index contributed by atoms with van der Waals surface area (Å²) in [4.78, 5) is 39.4. The molecule has 2 saturated carbocycles. The smallest absolute Gasteiger partial charge is 0.202 e. The van der Waals surface area contributed by atoms with Crippen molar-refractivity contribution in [1.29, 1.82) is 0 Å². The van der Waals surface area contributed by atoms with Gasteiger partial charge in [-0.25, -0.2) is 0 Å². The fourth-order valence-electron chi connectivity index (χ4n) is 6.21. The number of carbonyl (C=O) groups is 3. The monoisotopic (exact) mass is 428 g/mol. The second-order valence-corrected chi connectivity index (χ2v) is 10.5. The molecular weight excluding hydrogens is 384 g/mol. The average Bonchev–Trinajstić information content (AvgIpc) is 2.80. The van der Waals surface area contributed by atoms with Crippen molar-refractivity contribution in [3.05, 3.63) is 12.2 Å². The van der Waals surface area contributed by atoms with Crippen molar-refractivity contribution in [2.45, 2.75) is 122 Å². The number of hydrogen-bond donors (Lipinski definition) is 0. The maximum Gasteiger partial charge on any atom is 0.202 e. The van der Waals surface area contributed by atoms with Gasteiger partial charge in [-0.3, -0.25) is 14.4 Å². The van der Waals surface area contributed by atoms with Gasteiger partial charge in [-0.1, -0.05) is 69.9 Å². The Bertz CT molecular complexity index is 620. The van der Waals surface area contributed by atoms with Crippen molar-refractivity contribution in [1.82, 2.24) is 0 Å². The van der Waals surface area contributed by atoms with E-state index in [-0.39, 0.29) is 35.1 Å². The summed E-state index contributed by atoms with van der Waals surface area (Å²) < 4.78 is 0. The van der Waals surface area contributed by atoms with E-state index in [1.807, 2.05) is 0 Å². The molecule has 4 unspecified atom stereocenters. The van der Waals surface area contributed by atoms with Gasteiger partial charge in [0.2, 0.25) is 11.6 Å². The highest BCUT2D eigenvalue weighted by atomic mass is 16.2. The third kappa shape index (κ3) is 7.68. The molecule has 3 aliphatic carbocycles. The number of fused-ring (bicyclic) bond motifs is 3. The van der Waals surface area contributed by atoms with Gasteiger partial charge in [0.05, 0.1) is 0 Å². The molecule has 0 heterocycles. The van der Waals surface area contributed by atoms with Crippen molar-refractivity contribution in [2.75, 3.05) is 0 Å². The first-order valence-electron chi connectivity index (χ1n) is 13.4. The molecule has 0 aliphatic heterocycles. The summed E-state index contributed by atoms with van der Waals surface area (Å²) in [7, 11) is 0. The van der Waals surface area contributed by atoms with Crippen LogP contribution in [0.1, 0.15) is 122 Å². The van der Waals surface area contributed by atoms with E-state index >= 15 is 0 Å². The van der Waals surface area contributed by atoms with Crippen molar-refractivity contribution in [3.8, 4) is 0 Å². The number of allylic oxidation sites excluding steroid dienone is 2. The van der Waals surface area contributed by atoms with Crippen LogP contribution in [0, 0.1) is 23.7 Å². The Labute approximate surface area is 189 Å². The summed E-state index contributed by atoms with van der Waals surface area (Å²) in [6.45, 7) is 0. The molecule has 2 bridgehead atoms. The summed E-state index contributed by atoms with van der Waals surface area (Å²) in [6.07, 6.45) is 24.6. The zero-order valence-electron chi connectivity index (χ0n) is 19.6. The fourth-order valence-corrected chi connectivity index (χ4v) is 6.21. The Morgan fingerprint density at radius 1 is 0.548 bits per heavy atom. The van der Waals surface area contributed by atoms with E-state index in [0.717, 1.165) is 57.8 Å². The Morgan fingerprint density at radius 3 is 1.97 bits per heavy atom. The predicted octanol–water partition coefficient (Wildman–Crippen LogP) is 7.17. The molecule has 4 atom stereocenters. The fraction of sp³-hybridized carbons (Fsp3) is 0.821. The van der Waals surface area contributed by atoms with Crippen LogP contribution < -0.4 is 0 Å². The van der Waals surface area contributed by atoms with Crippen LogP contribution in [-0.2, 0) is 14.4 Å². The summed E-state index contributed by atoms with van der Waals surface area (Å²) in [5.41, 5.74) is 0. The number of carbonyl (C=O) groups excluding carboxylic acids is 3. The van der Waals surface area contributed by atoms with Gasteiger partial charge in [0.25, 0.3) is 0 Å². The lowest BCUT2D eigenvalue weighted by molar-refractivity contribution is -0.145. The van der Waals surface area contributed by atoms with Crippen LogP contribution in [-0.4, -0.2) is 17.3 Å². The number of ketones is 3. The van der Waals surface area contributed by atoms with E-state index in [1.54, 1.807) is 0 Å².